The smallest absolute Gasteiger partial charge is 0.255 e. The Bertz CT molecular complexity index is 707. The molecule has 2 heterocycles. The maximum Gasteiger partial charge on any atom is 0.255 e. The first kappa shape index (κ1) is 17.3. The lowest BCUT2D eigenvalue weighted by molar-refractivity contribution is 0.102. The maximum absolute atomic E-state index is 12.4. The van der Waals surface area contributed by atoms with Crippen LogP contribution in [0.15, 0.2) is 42.6 Å². The largest absolute Gasteiger partial charge is 0.493 e. The van der Waals surface area contributed by atoms with Gasteiger partial charge in [0.15, 0.2) is 0 Å². The third kappa shape index (κ3) is 4.72. The molecule has 1 aromatic carbocycles. The van der Waals surface area contributed by atoms with Crippen LogP contribution in [0.5, 0.6) is 5.75 Å². The van der Waals surface area contributed by atoms with E-state index in [2.05, 4.69) is 29.0 Å². The van der Waals surface area contributed by atoms with Gasteiger partial charge in [0.25, 0.3) is 5.91 Å². The van der Waals surface area contributed by atoms with Gasteiger partial charge in [-0.25, -0.2) is 4.98 Å². The van der Waals surface area contributed by atoms with Crippen molar-refractivity contribution in [3.8, 4) is 5.75 Å². The number of carbonyl (C=O) groups is 1. The van der Waals surface area contributed by atoms with Crippen molar-refractivity contribution in [2.24, 2.45) is 5.92 Å². The molecular weight excluding hydrogens is 314 g/mol. The molecule has 0 atom stereocenters. The van der Waals surface area contributed by atoms with E-state index in [-0.39, 0.29) is 5.91 Å². The van der Waals surface area contributed by atoms with Crippen LogP contribution >= 0.6 is 0 Å². The van der Waals surface area contributed by atoms with E-state index >= 15 is 0 Å². The second-order valence-electron chi connectivity index (χ2n) is 6.79. The molecular formula is C20H25N3O2. The van der Waals surface area contributed by atoms with E-state index in [1.54, 1.807) is 18.3 Å². The van der Waals surface area contributed by atoms with Gasteiger partial charge in [-0.1, -0.05) is 19.9 Å². The van der Waals surface area contributed by atoms with Gasteiger partial charge in [-0.3, -0.25) is 4.79 Å². The number of nitrogens with zero attached hydrogens (tertiary/aromatic N) is 2. The third-order valence-electron chi connectivity index (χ3n) is 4.12. The lowest BCUT2D eigenvalue weighted by atomic mass is 10.2. The summed E-state index contributed by atoms with van der Waals surface area (Å²) in [4.78, 5) is 19.2. The van der Waals surface area contributed by atoms with Gasteiger partial charge in [-0.15, -0.1) is 0 Å². The molecule has 5 nitrogen and oxygen atoms in total. The zero-order valence-corrected chi connectivity index (χ0v) is 14.9. The monoisotopic (exact) mass is 339 g/mol. The molecule has 5 heteroatoms. The number of nitrogens with one attached hydrogen (secondary N) is 1. The molecule has 1 fully saturated rings. The summed E-state index contributed by atoms with van der Waals surface area (Å²) in [5, 5.41) is 2.89. The molecule has 0 aliphatic carbocycles. The van der Waals surface area contributed by atoms with Gasteiger partial charge in [0.2, 0.25) is 0 Å². The molecule has 1 aliphatic rings. The molecule has 1 aromatic heterocycles. The van der Waals surface area contributed by atoms with E-state index in [9.17, 15) is 4.79 Å². The number of aromatic nitrogens is 1. The number of hydrogen-bond acceptors (Lipinski definition) is 4. The first-order valence-corrected chi connectivity index (χ1v) is 8.87. The van der Waals surface area contributed by atoms with E-state index in [1.165, 1.54) is 12.8 Å². The van der Waals surface area contributed by atoms with Crippen LogP contribution in [-0.2, 0) is 0 Å². The Morgan fingerprint density at radius 2 is 2.04 bits per heavy atom. The number of benzene rings is 1. The normalized spacial score (nSPS) is 14.0. The van der Waals surface area contributed by atoms with E-state index in [0.717, 1.165) is 18.9 Å². The molecule has 1 amide bonds. The molecule has 1 N–H and O–H groups in total. The SMILES string of the molecule is CC(C)COc1cccc(C(=O)Nc2ccc(N3CCCC3)nc2)c1. The molecule has 0 spiro atoms. The minimum Gasteiger partial charge on any atom is -0.493 e. The first-order valence-electron chi connectivity index (χ1n) is 8.87. The van der Waals surface area contributed by atoms with Gasteiger partial charge < -0.3 is 15.0 Å². The first-order chi connectivity index (χ1) is 12.1. The van der Waals surface area contributed by atoms with E-state index in [4.69, 9.17) is 4.74 Å². The van der Waals surface area contributed by atoms with Gasteiger partial charge in [-0.2, -0.15) is 0 Å². The molecule has 0 bridgehead atoms. The van der Waals surface area contributed by atoms with Gasteiger partial charge in [0, 0.05) is 18.7 Å². The summed E-state index contributed by atoms with van der Waals surface area (Å²) in [6.07, 6.45) is 4.15. The standard InChI is InChI=1S/C20H25N3O2/c1-15(2)14-25-18-7-5-6-16(12-18)20(24)22-17-8-9-19(21-13-17)23-10-3-4-11-23/h5-9,12-13,15H,3-4,10-11,14H2,1-2H3,(H,22,24). The topological polar surface area (TPSA) is 54.5 Å². The van der Waals surface area contributed by atoms with Gasteiger partial charge in [0.05, 0.1) is 18.5 Å². The van der Waals surface area contributed by atoms with E-state index < -0.39 is 0 Å². The lowest BCUT2D eigenvalue weighted by Gasteiger charge is -2.16. The number of hydrogen-bond donors (Lipinski definition) is 1. The quantitative estimate of drug-likeness (QED) is 0.865. The number of anilines is 2. The number of carbonyl (C=O) groups excluding carboxylic acids is 1. The Balaban J connectivity index is 1.62. The van der Waals surface area contributed by atoms with Crippen LogP contribution in [0.1, 0.15) is 37.0 Å². The van der Waals surface area contributed by atoms with Crippen LogP contribution < -0.4 is 15.0 Å². The Kier molecular flexibility index (Phi) is 5.53. The summed E-state index contributed by atoms with van der Waals surface area (Å²) >= 11 is 0. The number of ether oxygens (including phenoxy) is 1. The summed E-state index contributed by atoms with van der Waals surface area (Å²) in [5.74, 6) is 1.96. The minimum atomic E-state index is -0.161. The maximum atomic E-state index is 12.4. The Morgan fingerprint density at radius 1 is 1.24 bits per heavy atom. The molecule has 0 saturated carbocycles. The predicted octanol–water partition coefficient (Wildman–Crippen LogP) is 3.97. The Labute approximate surface area is 149 Å². The van der Waals surface area contributed by atoms with Crippen LogP contribution in [0.2, 0.25) is 0 Å². The zero-order valence-electron chi connectivity index (χ0n) is 14.9. The molecule has 25 heavy (non-hydrogen) atoms. The summed E-state index contributed by atoms with van der Waals surface area (Å²) in [6.45, 7) is 6.93. The van der Waals surface area contributed by atoms with Crippen LogP contribution in [0.25, 0.3) is 0 Å². The van der Waals surface area contributed by atoms with Crippen molar-refractivity contribution in [2.75, 3.05) is 29.9 Å². The molecule has 0 unspecified atom stereocenters. The average Bonchev–Trinajstić information content (AvgIpc) is 3.15. The summed E-state index contributed by atoms with van der Waals surface area (Å²) in [5.41, 5.74) is 1.27. The fourth-order valence-corrected chi connectivity index (χ4v) is 2.79. The van der Waals surface area contributed by atoms with E-state index in [1.807, 2.05) is 24.3 Å². The third-order valence-corrected chi connectivity index (χ3v) is 4.12. The van der Waals surface area contributed by atoms with Crippen LogP contribution in [0.4, 0.5) is 11.5 Å². The summed E-state index contributed by atoms with van der Waals surface area (Å²) in [6, 6.07) is 11.1. The van der Waals surface area contributed by atoms with Crippen molar-refractivity contribution in [3.05, 3.63) is 48.2 Å². The second kappa shape index (κ2) is 8.01. The minimum absolute atomic E-state index is 0.161. The van der Waals surface area contributed by atoms with Crippen LogP contribution in [-0.4, -0.2) is 30.6 Å². The number of amides is 1. The fraction of sp³-hybridized carbons (Fsp3) is 0.400. The summed E-state index contributed by atoms with van der Waals surface area (Å²) in [7, 11) is 0. The molecule has 3 rings (SSSR count). The molecule has 0 radical (unpaired) electrons. The molecule has 1 aliphatic heterocycles. The van der Waals surface area contributed by atoms with E-state index in [0.29, 0.717) is 29.5 Å². The Morgan fingerprint density at radius 3 is 2.72 bits per heavy atom. The number of rotatable bonds is 6. The highest BCUT2D eigenvalue weighted by atomic mass is 16.5. The predicted molar refractivity (Wildman–Crippen MR) is 100 cm³/mol. The zero-order chi connectivity index (χ0) is 17.6. The van der Waals surface area contributed by atoms with Crippen molar-refractivity contribution in [2.45, 2.75) is 26.7 Å². The van der Waals surface area contributed by atoms with Crippen molar-refractivity contribution < 1.29 is 9.53 Å². The van der Waals surface area contributed by atoms with Crippen molar-refractivity contribution in [3.63, 3.8) is 0 Å². The van der Waals surface area contributed by atoms with Crippen LogP contribution in [0.3, 0.4) is 0 Å². The van der Waals surface area contributed by atoms with Crippen molar-refractivity contribution >= 4 is 17.4 Å². The molecule has 132 valence electrons. The van der Waals surface area contributed by atoms with Crippen molar-refractivity contribution in [1.82, 2.24) is 4.98 Å². The summed E-state index contributed by atoms with van der Waals surface area (Å²) < 4.78 is 5.68. The average molecular weight is 339 g/mol. The van der Waals surface area contributed by atoms with Gasteiger partial charge in [-0.05, 0) is 49.1 Å². The highest BCUT2D eigenvalue weighted by molar-refractivity contribution is 6.04. The molecule has 1 saturated heterocycles. The number of pyridine rings is 1. The van der Waals surface area contributed by atoms with Gasteiger partial charge >= 0.3 is 0 Å². The lowest BCUT2D eigenvalue weighted by Crippen LogP contribution is -2.19. The second-order valence-corrected chi connectivity index (χ2v) is 6.79. The van der Waals surface area contributed by atoms with Gasteiger partial charge in [0.1, 0.15) is 11.6 Å². The highest BCUT2D eigenvalue weighted by Crippen LogP contribution is 2.20. The van der Waals surface area contributed by atoms with Crippen molar-refractivity contribution in [1.29, 1.82) is 0 Å². The molecule has 2 aromatic rings. The highest BCUT2D eigenvalue weighted by Gasteiger charge is 2.13. The van der Waals surface area contributed by atoms with Crippen LogP contribution in [0, 0.1) is 5.92 Å². The fourth-order valence-electron chi connectivity index (χ4n) is 2.79. The Hall–Kier alpha value is -2.56.